The number of sulfonamides is 1. The van der Waals surface area contributed by atoms with E-state index in [0.29, 0.717) is 23.9 Å². The molecule has 1 aliphatic heterocycles. The minimum atomic E-state index is -3.46. The second-order valence-electron chi connectivity index (χ2n) is 8.28. The molecule has 1 fully saturated rings. The van der Waals surface area contributed by atoms with E-state index in [9.17, 15) is 8.42 Å². The fourth-order valence-electron chi connectivity index (χ4n) is 4.75. The van der Waals surface area contributed by atoms with Gasteiger partial charge in [-0.05, 0) is 72.9 Å². The Kier molecular flexibility index (Phi) is 4.55. The van der Waals surface area contributed by atoms with Gasteiger partial charge in [-0.25, -0.2) is 8.42 Å². The number of rotatable bonds is 3. The second-order valence-corrected chi connectivity index (χ2v) is 10.2. The first-order chi connectivity index (χ1) is 12.8. The van der Waals surface area contributed by atoms with Gasteiger partial charge in [-0.1, -0.05) is 30.7 Å². The molecule has 0 saturated carbocycles. The number of fused-ring (bicyclic) bond motifs is 4. The monoisotopic (exact) mass is 385 g/mol. The van der Waals surface area contributed by atoms with Crippen LogP contribution in [-0.4, -0.2) is 32.9 Å². The predicted molar refractivity (Wildman–Crippen MR) is 107 cm³/mol. The van der Waals surface area contributed by atoms with Gasteiger partial charge in [-0.15, -0.1) is 0 Å². The number of nitrogens with zero attached hydrogens (tertiary/aromatic N) is 1. The van der Waals surface area contributed by atoms with Gasteiger partial charge in [0.1, 0.15) is 5.75 Å². The molecule has 0 unspecified atom stereocenters. The second kappa shape index (κ2) is 6.64. The highest BCUT2D eigenvalue weighted by molar-refractivity contribution is 7.89. The van der Waals surface area contributed by atoms with E-state index in [0.717, 1.165) is 30.6 Å². The van der Waals surface area contributed by atoms with Gasteiger partial charge in [0, 0.05) is 13.1 Å². The lowest BCUT2D eigenvalue weighted by atomic mass is 9.66. The Labute approximate surface area is 162 Å². The van der Waals surface area contributed by atoms with Crippen molar-refractivity contribution >= 4 is 10.0 Å². The molecule has 0 N–H and O–H groups in total. The van der Waals surface area contributed by atoms with Crippen molar-refractivity contribution in [1.82, 2.24) is 4.31 Å². The summed E-state index contributed by atoms with van der Waals surface area (Å²) in [6.07, 6.45) is 2.77. The Balaban J connectivity index is 1.67. The topological polar surface area (TPSA) is 46.6 Å². The van der Waals surface area contributed by atoms with Crippen molar-refractivity contribution in [3.05, 3.63) is 59.2 Å². The maximum absolute atomic E-state index is 13.2. The zero-order chi connectivity index (χ0) is 19.2. The standard InChI is InChI=1S/C22H27NO3S/c1-16-4-8-20(9-5-16)27(24,25)23-11-10-22(2)14-17(15-23)12-18-6-7-19(26-3)13-21(18)22/h4-9,13,17H,10-12,14-15H2,1-3H3/t17-,22-/m0/s1. The van der Waals surface area contributed by atoms with Crippen LogP contribution in [0.4, 0.5) is 0 Å². The molecule has 0 radical (unpaired) electrons. The van der Waals surface area contributed by atoms with Crippen LogP contribution in [0.15, 0.2) is 47.4 Å². The Hall–Kier alpha value is -1.85. The lowest BCUT2D eigenvalue weighted by Gasteiger charge is -2.38. The van der Waals surface area contributed by atoms with Gasteiger partial charge in [0.05, 0.1) is 12.0 Å². The zero-order valence-electron chi connectivity index (χ0n) is 16.2. The van der Waals surface area contributed by atoms with Crippen molar-refractivity contribution in [2.24, 2.45) is 5.92 Å². The lowest BCUT2D eigenvalue weighted by molar-refractivity contribution is 0.314. The van der Waals surface area contributed by atoms with Gasteiger partial charge in [-0.3, -0.25) is 0 Å². The average Bonchev–Trinajstić information content (AvgIpc) is 2.79. The normalized spacial score (nSPS) is 25.5. The fraction of sp³-hybridized carbons (Fsp3) is 0.455. The predicted octanol–water partition coefficient (Wildman–Crippen LogP) is 3.92. The summed E-state index contributed by atoms with van der Waals surface area (Å²) in [6, 6.07) is 13.5. The third-order valence-electron chi connectivity index (χ3n) is 6.25. The van der Waals surface area contributed by atoms with E-state index in [1.807, 2.05) is 25.1 Å². The number of benzene rings is 2. The first kappa shape index (κ1) is 18.5. The molecule has 144 valence electrons. The van der Waals surface area contributed by atoms with Crippen molar-refractivity contribution in [1.29, 1.82) is 0 Å². The number of aryl methyl sites for hydroxylation is 1. The first-order valence-electron chi connectivity index (χ1n) is 9.56. The van der Waals surface area contributed by atoms with E-state index in [4.69, 9.17) is 4.74 Å². The summed E-state index contributed by atoms with van der Waals surface area (Å²) in [5.74, 6) is 1.22. The average molecular weight is 386 g/mol. The van der Waals surface area contributed by atoms with Gasteiger partial charge in [0.25, 0.3) is 0 Å². The summed E-state index contributed by atoms with van der Waals surface area (Å²) < 4.78 is 33.6. The molecule has 1 saturated heterocycles. The van der Waals surface area contributed by atoms with E-state index >= 15 is 0 Å². The molecule has 0 spiro atoms. The Morgan fingerprint density at radius 3 is 2.59 bits per heavy atom. The van der Waals surface area contributed by atoms with Crippen LogP contribution in [-0.2, 0) is 21.9 Å². The van der Waals surface area contributed by atoms with Crippen LogP contribution in [0.5, 0.6) is 5.75 Å². The van der Waals surface area contributed by atoms with Crippen LogP contribution in [0, 0.1) is 12.8 Å². The molecule has 2 atom stereocenters. The number of hydrogen-bond donors (Lipinski definition) is 0. The van der Waals surface area contributed by atoms with Crippen molar-refractivity contribution in [2.45, 2.75) is 43.4 Å². The highest BCUT2D eigenvalue weighted by atomic mass is 32.2. The van der Waals surface area contributed by atoms with Crippen LogP contribution in [0.1, 0.15) is 36.5 Å². The van der Waals surface area contributed by atoms with Crippen molar-refractivity contribution < 1.29 is 13.2 Å². The maximum atomic E-state index is 13.2. The fourth-order valence-corrected chi connectivity index (χ4v) is 6.26. The van der Waals surface area contributed by atoms with Crippen molar-refractivity contribution in [2.75, 3.05) is 20.2 Å². The molecule has 2 bridgehead atoms. The highest BCUT2D eigenvalue weighted by Gasteiger charge is 2.42. The third-order valence-corrected chi connectivity index (χ3v) is 8.13. The highest BCUT2D eigenvalue weighted by Crippen LogP contribution is 2.46. The number of hydrogen-bond acceptors (Lipinski definition) is 3. The van der Waals surface area contributed by atoms with Crippen LogP contribution in [0.3, 0.4) is 0 Å². The van der Waals surface area contributed by atoms with Crippen molar-refractivity contribution in [3.63, 3.8) is 0 Å². The first-order valence-corrected chi connectivity index (χ1v) is 11.0. The molecule has 1 heterocycles. The zero-order valence-corrected chi connectivity index (χ0v) is 17.1. The van der Waals surface area contributed by atoms with E-state index < -0.39 is 10.0 Å². The van der Waals surface area contributed by atoms with E-state index in [2.05, 4.69) is 19.1 Å². The molecule has 4 nitrogen and oxygen atoms in total. The lowest BCUT2D eigenvalue weighted by Crippen LogP contribution is -2.35. The Morgan fingerprint density at radius 1 is 1.15 bits per heavy atom. The molecule has 1 aliphatic carbocycles. The van der Waals surface area contributed by atoms with Crippen LogP contribution >= 0.6 is 0 Å². The van der Waals surface area contributed by atoms with Gasteiger partial charge in [0.15, 0.2) is 0 Å². The summed E-state index contributed by atoms with van der Waals surface area (Å²) in [7, 11) is -1.77. The molecule has 4 rings (SSSR count). The largest absolute Gasteiger partial charge is 0.497 e. The molecule has 27 heavy (non-hydrogen) atoms. The SMILES string of the molecule is COc1ccc2c(c1)[C@@]1(C)CCN(S(=O)(=O)c3ccc(C)cc3)C[C@@H](C2)C1. The van der Waals surface area contributed by atoms with Gasteiger partial charge >= 0.3 is 0 Å². The molecule has 0 aromatic heterocycles. The van der Waals surface area contributed by atoms with Crippen LogP contribution in [0.2, 0.25) is 0 Å². The van der Waals surface area contributed by atoms with E-state index in [-0.39, 0.29) is 5.41 Å². The van der Waals surface area contributed by atoms with Crippen LogP contribution in [0.25, 0.3) is 0 Å². The van der Waals surface area contributed by atoms with Crippen LogP contribution < -0.4 is 4.74 Å². The number of ether oxygens (including phenoxy) is 1. The molecular weight excluding hydrogens is 358 g/mol. The molecular formula is C22H27NO3S. The third kappa shape index (κ3) is 3.27. The summed E-state index contributed by atoms with van der Waals surface area (Å²) in [5.41, 5.74) is 3.72. The summed E-state index contributed by atoms with van der Waals surface area (Å²) >= 11 is 0. The maximum Gasteiger partial charge on any atom is 0.243 e. The minimum Gasteiger partial charge on any atom is -0.497 e. The summed E-state index contributed by atoms with van der Waals surface area (Å²) in [4.78, 5) is 0.397. The molecule has 5 heteroatoms. The minimum absolute atomic E-state index is 0.00959. The van der Waals surface area contributed by atoms with Gasteiger partial charge in [0.2, 0.25) is 10.0 Å². The molecule has 2 aliphatic rings. The molecule has 2 aromatic carbocycles. The molecule has 2 aromatic rings. The van der Waals surface area contributed by atoms with Gasteiger partial charge in [-0.2, -0.15) is 4.31 Å². The van der Waals surface area contributed by atoms with E-state index in [1.165, 1.54) is 11.1 Å². The summed E-state index contributed by atoms with van der Waals surface area (Å²) in [5, 5.41) is 0. The van der Waals surface area contributed by atoms with Crippen molar-refractivity contribution in [3.8, 4) is 5.75 Å². The Bertz CT molecular complexity index is 952. The van der Waals surface area contributed by atoms with Gasteiger partial charge < -0.3 is 4.74 Å². The Morgan fingerprint density at radius 2 is 1.89 bits per heavy atom. The number of methoxy groups -OCH3 is 1. The smallest absolute Gasteiger partial charge is 0.243 e. The molecule has 0 amide bonds. The van der Waals surface area contributed by atoms with E-state index in [1.54, 1.807) is 23.5 Å². The quantitative estimate of drug-likeness (QED) is 0.805. The summed E-state index contributed by atoms with van der Waals surface area (Å²) in [6.45, 7) is 5.40.